The molecule has 12 heteroatoms. The van der Waals surface area contributed by atoms with Gasteiger partial charge in [-0.3, -0.25) is 14.5 Å². The average molecular weight is 565 g/mol. The van der Waals surface area contributed by atoms with Crippen LogP contribution in [0.3, 0.4) is 0 Å². The predicted octanol–water partition coefficient (Wildman–Crippen LogP) is 3.54. The molecule has 0 radical (unpaired) electrons. The van der Waals surface area contributed by atoms with Crippen LogP contribution in [0.2, 0.25) is 0 Å². The average Bonchev–Trinajstić information content (AvgIpc) is 3.48. The predicted molar refractivity (Wildman–Crippen MR) is 144 cm³/mol. The number of amides is 1. The molecule has 1 saturated carbocycles. The quantitative estimate of drug-likeness (QED) is 0.204. The Morgan fingerprint density at radius 3 is 2.73 bits per heavy atom. The molecule has 0 bridgehead atoms. The molecule has 9 nitrogen and oxygen atoms in total. The summed E-state index contributed by atoms with van der Waals surface area (Å²) >= 11 is 6.71. The third-order valence-electron chi connectivity index (χ3n) is 6.33. The normalized spacial score (nSPS) is 21.6. The third kappa shape index (κ3) is 6.32. The number of thioether (sulfide) groups is 1. The maximum absolute atomic E-state index is 13.2. The first-order chi connectivity index (χ1) is 17.7. The maximum Gasteiger partial charge on any atom is 0.309 e. The van der Waals surface area contributed by atoms with Gasteiger partial charge >= 0.3 is 5.97 Å². The smallest absolute Gasteiger partial charge is 0.309 e. The van der Waals surface area contributed by atoms with Gasteiger partial charge < -0.3 is 14.3 Å². The molecule has 2 heterocycles. The van der Waals surface area contributed by atoms with Gasteiger partial charge in [-0.1, -0.05) is 30.4 Å². The van der Waals surface area contributed by atoms with E-state index in [4.69, 9.17) is 26.5 Å². The molecule has 1 amide bonds. The Kier molecular flexibility index (Phi) is 8.86. The van der Waals surface area contributed by atoms with E-state index < -0.39 is 10.0 Å². The Labute approximate surface area is 225 Å². The van der Waals surface area contributed by atoms with Crippen molar-refractivity contribution in [3.63, 3.8) is 0 Å². The molecular weight excluding hydrogens is 536 g/mol. The number of nitrogens with zero attached hydrogens (tertiary/aromatic N) is 1. The highest BCUT2D eigenvalue weighted by Crippen LogP contribution is 2.39. The summed E-state index contributed by atoms with van der Waals surface area (Å²) in [6.07, 6.45) is 4.78. The largest absolute Gasteiger partial charge is 0.465 e. The minimum absolute atomic E-state index is 0.0338. The van der Waals surface area contributed by atoms with Crippen molar-refractivity contribution in [3.8, 4) is 11.3 Å². The number of sulfonamides is 1. The molecule has 4 rings (SSSR count). The second kappa shape index (κ2) is 11.9. The second-order valence-corrected chi connectivity index (χ2v) is 12.3. The highest BCUT2D eigenvalue weighted by molar-refractivity contribution is 8.26. The Bertz CT molecular complexity index is 1300. The van der Waals surface area contributed by atoms with Crippen LogP contribution in [0, 0.1) is 5.92 Å². The number of carbonyl (C=O) groups is 2. The van der Waals surface area contributed by atoms with E-state index in [1.807, 2.05) is 0 Å². The van der Waals surface area contributed by atoms with Gasteiger partial charge in [-0.05, 0) is 62.7 Å². The molecule has 1 aliphatic carbocycles. The summed E-state index contributed by atoms with van der Waals surface area (Å²) in [6.45, 7) is 0.151. The first-order valence-electron chi connectivity index (χ1n) is 11.9. The molecule has 37 heavy (non-hydrogen) atoms. The second-order valence-electron chi connectivity index (χ2n) is 8.75. The van der Waals surface area contributed by atoms with Gasteiger partial charge in [-0.25, -0.2) is 13.1 Å². The van der Waals surface area contributed by atoms with Gasteiger partial charge in [0, 0.05) is 30.7 Å². The zero-order valence-electron chi connectivity index (χ0n) is 20.2. The van der Waals surface area contributed by atoms with Crippen LogP contribution in [-0.4, -0.2) is 60.9 Å². The highest BCUT2D eigenvalue weighted by atomic mass is 32.2. The molecule has 0 spiro atoms. The lowest BCUT2D eigenvalue weighted by Gasteiger charge is -2.33. The number of nitrogens with one attached hydrogen (secondary N) is 1. The number of carbonyl (C=O) groups excluding carboxylic acids is 2. The number of esters is 1. The molecule has 1 aliphatic heterocycles. The number of furan rings is 1. The number of hydrogen-bond donors (Lipinski definition) is 2. The van der Waals surface area contributed by atoms with Crippen molar-refractivity contribution in [2.45, 2.75) is 43.0 Å². The van der Waals surface area contributed by atoms with Crippen molar-refractivity contribution < 1.29 is 32.3 Å². The number of benzene rings is 1. The van der Waals surface area contributed by atoms with Crippen LogP contribution < -0.4 is 4.72 Å². The fourth-order valence-corrected chi connectivity index (χ4v) is 6.50. The molecule has 1 aromatic heterocycles. The van der Waals surface area contributed by atoms with Crippen LogP contribution >= 0.6 is 24.0 Å². The van der Waals surface area contributed by atoms with Gasteiger partial charge in [-0.15, -0.1) is 0 Å². The molecule has 2 atom stereocenters. The van der Waals surface area contributed by atoms with Crippen LogP contribution in [0.5, 0.6) is 0 Å². The Morgan fingerprint density at radius 1 is 1.27 bits per heavy atom. The molecule has 1 saturated heterocycles. The maximum atomic E-state index is 13.2. The summed E-state index contributed by atoms with van der Waals surface area (Å²) < 4.78 is 37.7. The van der Waals surface area contributed by atoms with E-state index in [2.05, 4.69) is 4.72 Å². The number of thiocarbonyl (C=S) groups is 1. The third-order valence-corrected chi connectivity index (χ3v) is 9.09. The van der Waals surface area contributed by atoms with E-state index in [-0.39, 0.29) is 41.9 Å². The minimum Gasteiger partial charge on any atom is -0.465 e. The van der Waals surface area contributed by atoms with Crippen LogP contribution in [0.15, 0.2) is 50.6 Å². The lowest BCUT2D eigenvalue weighted by molar-refractivity contribution is -0.151. The van der Waals surface area contributed by atoms with E-state index in [9.17, 15) is 18.0 Å². The molecular formula is C25H28N2O7S3. The van der Waals surface area contributed by atoms with Gasteiger partial charge in [-0.2, -0.15) is 0 Å². The number of rotatable bonds is 9. The van der Waals surface area contributed by atoms with E-state index in [0.717, 1.165) is 12.8 Å². The summed E-state index contributed by atoms with van der Waals surface area (Å²) in [5.41, 5.74) is 0.696. The van der Waals surface area contributed by atoms with Gasteiger partial charge in [0.1, 0.15) is 15.8 Å². The van der Waals surface area contributed by atoms with Gasteiger partial charge in [0.25, 0.3) is 5.91 Å². The topological polar surface area (TPSA) is 126 Å². The molecule has 198 valence electrons. The molecule has 2 aromatic rings. The Morgan fingerprint density at radius 2 is 2.03 bits per heavy atom. The summed E-state index contributed by atoms with van der Waals surface area (Å²) in [7, 11) is -2.18. The van der Waals surface area contributed by atoms with Crippen molar-refractivity contribution in [1.82, 2.24) is 9.62 Å². The van der Waals surface area contributed by atoms with Crippen molar-refractivity contribution in [1.29, 1.82) is 0 Å². The summed E-state index contributed by atoms with van der Waals surface area (Å²) in [5, 5.41) is 8.88. The summed E-state index contributed by atoms with van der Waals surface area (Å²) in [5.74, 6) is 0.197. The standard InChI is InChI=1S/C25H28N2O7S3/c1-26-37(31,32)20-9-6-16(7-10-20)21-11-8-19(34-21)15-22-23(29)27(25(35)36-22)18-5-2-4-17(14-18)24(30)33-13-3-12-28/h6-11,15,17-18,26,28H,2-5,12-14H2,1H3. The monoisotopic (exact) mass is 564 g/mol. The van der Waals surface area contributed by atoms with Crippen molar-refractivity contribution in [3.05, 3.63) is 47.1 Å². The molecule has 2 N–H and O–H groups in total. The first-order valence-corrected chi connectivity index (χ1v) is 14.6. The number of hydrogen-bond acceptors (Lipinski definition) is 9. The van der Waals surface area contributed by atoms with Gasteiger partial charge in [0.2, 0.25) is 10.0 Å². The fourth-order valence-electron chi connectivity index (χ4n) is 4.39. The Balaban J connectivity index is 1.44. The lowest BCUT2D eigenvalue weighted by Crippen LogP contribution is -2.43. The number of aliphatic hydroxyl groups is 1. The fraction of sp³-hybridized carbons (Fsp3) is 0.400. The highest BCUT2D eigenvalue weighted by Gasteiger charge is 2.40. The summed E-state index contributed by atoms with van der Waals surface area (Å²) in [6, 6.07) is 9.60. The SMILES string of the molecule is CNS(=O)(=O)c1ccc(-c2ccc(C=C3SC(=S)N(C4CCCC(C(=O)OCCCO)C4)C3=O)o2)cc1. The van der Waals surface area contributed by atoms with E-state index >= 15 is 0 Å². The van der Waals surface area contributed by atoms with Crippen molar-refractivity contribution >= 4 is 56.3 Å². The molecule has 2 aliphatic rings. The van der Waals surface area contributed by atoms with Crippen LogP contribution in [-0.2, 0) is 24.3 Å². The van der Waals surface area contributed by atoms with Gasteiger partial charge in [0.15, 0.2) is 0 Å². The molecule has 2 unspecified atom stereocenters. The minimum atomic E-state index is -3.53. The zero-order valence-corrected chi connectivity index (χ0v) is 22.7. The van der Waals surface area contributed by atoms with Crippen LogP contribution in [0.1, 0.15) is 37.9 Å². The van der Waals surface area contributed by atoms with E-state index in [0.29, 0.717) is 45.6 Å². The Hall–Kier alpha value is -2.51. The van der Waals surface area contributed by atoms with E-state index in [1.165, 1.54) is 30.9 Å². The zero-order chi connectivity index (χ0) is 26.6. The number of aliphatic hydroxyl groups excluding tert-OH is 1. The number of ether oxygens (including phenoxy) is 1. The van der Waals surface area contributed by atoms with E-state index in [1.54, 1.807) is 35.2 Å². The molecule has 2 fully saturated rings. The summed E-state index contributed by atoms with van der Waals surface area (Å²) in [4.78, 5) is 27.8. The van der Waals surface area contributed by atoms with Gasteiger partial charge in [0.05, 0.1) is 22.3 Å². The molecule has 1 aromatic carbocycles. The van der Waals surface area contributed by atoms with Crippen molar-refractivity contribution in [2.24, 2.45) is 5.92 Å². The lowest BCUT2D eigenvalue weighted by atomic mass is 9.85. The van der Waals surface area contributed by atoms with Crippen LogP contribution in [0.4, 0.5) is 0 Å². The van der Waals surface area contributed by atoms with Crippen LogP contribution in [0.25, 0.3) is 17.4 Å². The first kappa shape index (κ1) is 27.5. The van der Waals surface area contributed by atoms with Crippen molar-refractivity contribution in [2.75, 3.05) is 20.3 Å².